The first kappa shape index (κ1) is 64.0. The highest BCUT2D eigenvalue weighted by molar-refractivity contribution is 4.54. The largest absolute Gasteiger partial charge is 0.385 e. The minimum Gasteiger partial charge on any atom is -0.385 e. The Morgan fingerprint density at radius 1 is 0.145 bits per heavy atom. The molecule has 2 nitrogen and oxygen atoms in total. The van der Waals surface area contributed by atoms with Crippen LogP contribution in [0.3, 0.4) is 0 Å². The van der Waals surface area contributed by atoms with E-state index in [-0.39, 0.29) is 0 Å². The van der Waals surface area contributed by atoms with Crippen LogP contribution in [0.4, 0.5) is 0 Å². The van der Waals surface area contributed by atoms with Crippen LogP contribution in [0.25, 0.3) is 0 Å². The van der Waals surface area contributed by atoms with Crippen molar-refractivity contribution in [3.63, 3.8) is 0 Å². The highest BCUT2D eigenvalue weighted by Gasteiger charge is 1.99. The lowest BCUT2D eigenvalue weighted by Gasteiger charge is -2.04. The maximum Gasteiger partial charge on any atom is 0.0462 e. The normalized spacial score (nSPS) is 11.4. The second-order valence-electron chi connectivity index (χ2n) is 20.4. The van der Waals surface area contributed by atoms with Gasteiger partial charge < -0.3 is 9.47 Å². The topological polar surface area (TPSA) is 18.5 Å². The number of methoxy groups -OCH3 is 2. The molecule has 0 radical (unpaired) electrons. The molecular weight excluding hydrogens is 753 g/mol. The van der Waals surface area contributed by atoms with Gasteiger partial charge in [0.25, 0.3) is 0 Å². The van der Waals surface area contributed by atoms with Crippen LogP contribution < -0.4 is 0 Å². The zero-order chi connectivity index (χ0) is 45.0. The molecule has 0 N–H and O–H groups in total. The molecule has 0 heterocycles. The highest BCUT2D eigenvalue weighted by Crippen LogP contribution is 2.18. The molecule has 0 aromatic rings. The summed E-state index contributed by atoms with van der Waals surface area (Å²) >= 11 is 0. The van der Waals surface area contributed by atoms with Crippen molar-refractivity contribution >= 4 is 0 Å². The van der Waals surface area contributed by atoms with Gasteiger partial charge in [0.05, 0.1) is 0 Å². The maximum absolute atomic E-state index is 5.10. The number of ether oxygens (including phenoxy) is 2. The Hall–Kier alpha value is -0.0800. The van der Waals surface area contributed by atoms with Crippen molar-refractivity contribution in [3.8, 4) is 0 Å². The van der Waals surface area contributed by atoms with E-state index in [0.29, 0.717) is 0 Å². The lowest BCUT2D eigenvalue weighted by Crippen LogP contribution is -1.88. The van der Waals surface area contributed by atoms with Crippen LogP contribution in [-0.4, -0.2) is 27.4 Å². The number of unbranched alkanes of at least 4 members (excludes halogenated alkanes) is 52. The monoisotopic (exact) mass is 877 g/mol. The fraction of sp³-hybridized carbons (Fsp3) is 1.00. The minimum atomic E-state index is 0.944. The van der Waals surface area contributed by atoms with Gasteiger partial charge in [0, 0.05) is 27.4 Å². The van der Waals surface area contributed by atoms with Crippen molar-refractivity contribution in [2.75, 3.05) is 27.4 Å². The first-order valence-electron chi connectivity index (χ1n) is 29.8. The summed E-state index contributed by atoms with van der Waals surface area (Å²) in [7, 11) is 3.61. The van der Waals surface area contributed by atoms with E-state index in [1.54, 1.807) is 7.11 Å². The van der Waals surface area contributed by atoms with E-state index in [1.807, 2.05) is 7.11 Å². The van der Waals surface area contributed by atoms with Gasteiger partial charge in [-0.3, -0.25) is 0 Å². The molecule has 0 aromatic carbocycles. The summed E-state index contributed by atoms with van der Waals surface area (Å²) in [4.78, 5) is 0. The quantitative estimate of drug-likeness (QED) is 0.0567. The molecule has 0 amide bonds. The van der Waals surface area contributed by atoms with E-state index in [9.17, 15) is 0 Å². The summed E-state index contributed by atoms with van der Waals surface area (Å²) in [6, 6.07) is 0. The van der Waals surface area contributed by atoms with Crippen molar-refractivity contribution in [1.29, 1.82) is 0 Å². The van der Waals surface area contributed by atoms with Gasteiger partial charge in [-0.25, -0.2) is 0 Å². The molecule has 0 unspecified atom stereocenters. The van der Waals surface area contributed by atoms with Crippen LogP contribution in [-0.2, 0) is 9.47 Å². The maximum atomic E-state index is 5.10. The summed E-state index contributed by atoms with van der Waals surface area (Å²) in [5, 5.41) is 0. The number of hydrogen-bond donors (Lipinski definition) is 0. The third kappa shape index (κ3) is 66.5. The minimum absolute atomic E-state index is 0.944. The fourth-order valence-electron chi connectivity index (χ4n) is 9.48. The molecule has 0 aliphatic heterocycles. The van der Waals surface area contributed by atoms with E-state index in [4.69, 9.17) is 9.47 Å². The highest BCUT2D eigenvalue weighted by atomic mass is 16.5. The summed E-state index contributed by atoms with van der Waals surface area (Å²) in [6.07, 6.45) is 78.7. The van der Waals surface area contributed by atoms with Gasteiger partial charge in [-0.1, -0.05) is 348 Å². The molecule has 0 aromatic heterocycles. The predicted molar refractivity (Wildman–Crippen MR) is 284 cm³/mol. The third-order valence-electron chi connectivity index (χ3n) is 13.9. The van der Waals surface area contributed by atoms with Gasteiger partial charge in [-0.15, -0.1) is 0 Å². The Labute approximate surface area is 396 Å². The SMILES string of the molecule is CCCCCCCCCCCCCCCCCCCCCCCCCCCCCCCOC.CCCCCCCCCCCCCCCCCCCCCCCCCCCOC. The molecule has 0 rings (SSSR count). The molecule has 2 heteroatoms. The van der Waals surface area contributed by atoms with Crippen LogP contribution in [0, 0.1) is 0 Å². The van der Waals surface area contributed by atoms with E-state index < -0.39 is 0 Å². The average Bonchev–Trinajstić information content (AvgIpc) is 3.28. The predicted octanol–water partition coefficient (Wildman–Crippen LogP) is 22.4. The first-order valence-corrected chi connectivity index (χ1v) is 29.8. The van der Waals surface area contributed by atoms with E-state index in [2.05, 4.69) is 13.8 Å². The molecule has 0 aliphatic rings. The van der Waals surface area contributed by atoms with Gasteiger partial charge in [-0.05, 0) is 12.8 Å². The van der Waals surface area contributed by atoms with Gasteiger partial charge in [0.1, 0.15) is 0 Å². The Kier molecular flexibility index (Phi) is 67.3. The summed E-state index contributed by atoms with van der Waals surface area (Å²) in [5.41, 5.74) is 0. The van der Waals surface area contributed by atoms with Gasteiger partial charge >= 0.3 is 0 Å². The molecule has 0 spiro atoms. The van der Waals surface area contributed by atoms with Crippen LogP contribution >= 0.6 is 0 Å². The smallest absolute Gasteiger partial charge is 0.0462 e. The molecule has 0 atom stereocenters. The first-order chi connectivity index (χ1) is 30.8. The van der Waals surface area contributed by atoms with Crippen LogP contribution in [0.2, 0.25) is 0 Å². The Morgan fingerprint density at radius 2 is 0.242 bits per heavy atom. The summed E-state index contributed by atoms with van der Waals surface area (Å²) < 4.78 is 10.2. The Balaban J connectivity index is 0. The average molecular weight is 878 g/mol. The summed E-state index contributed by atoms with van der Waals surface area (Å²) in [5.74, 6) is 0. The standard InChI is InChI=1S/C32H66O.C28H58O/c1-3-4-5-6-7-8-9-10-11-12-13-14-15-16-17-18-19-20-21-22-23-24-25-26-27-28-29-30-31-32-33-2;1-3-4-5-6-7-8-9-10-11-12-13-14-15-16-17-18-19-20-21-22-23-24-25-26-27-28-29-2/h3-32H2,1-2H3;3-28H2,1-2H3. The molecule has 0 saturated carbocycles. The lowest BCUT2D eigenvalue weighted by molar-refractivity contribution is 0.192. The second kappa shape index (κ2) is 65.2. The van der Waals surface area contributed by atoms with Crippen molar-refractivity contribution < 1.29 is 9.47 Å². The van der Waals surface area contributed by atoms with Gasteiger partial charge in [-0.2, -0.15) is 0 Å². The van der Waals surface area contributed by atoms with E-state index in [1.165, 1.54) is 347 Å². The zero-order valence-corrected chi connectivity index (χ0v) is 44.4. The summed E-state index contributed by atoms with van der Waals surface area (Å²) in [6.45, 7) is 6.50. The fourth-order valence-corrected chi connectivity index (χ4v) is 9.48. The van der Waals surface area contributed by atoms with Crippen LogP contribution in [0.15, 0.2) is 0 Å². The van der Waals surface area contributed by atoms with Gasteiger partial charge in [0.15, 0.2) is 0 Å². The number of hydrogen-bond acceptors (Lipinski definition) is 2. The van der Waals surface area contributed by atoms with Crippen molar-refractivity contribution in [2.45, 2.75) is 361 Å². The Bertz CT molecular complexity index is 636. The zero-order valence-electron chi connectivity index (χ0n) is 44.4. The van der Waals surface area contributed by atoms with Crippen molar-refractivity contribution in [1.82, 2.24) is 0 Å². The lowest BCUT2D eigenvalue weighted by atomic mass is 10.0. The van der Waals surface area contributed by atoms with Crippen LogP contribution in [0.1, 0.15) is 361 Å². The molecule has 0 fully saturated rings. The molecule has 62 heavy (non-hydrogen) atoms. The van der Waals surface area contributed by atoms with Crippen LogP contribution in [0.5, 0.6) is 0 Å². The Morgan fingerprint density at radius 3 is 0.339 bits per heavy atom. The number of rotatable bonds is 56. The van der Waals surface area contributed by atoms with Crippen molar-refractivity contribution in [3.05, 3.63) is 0 Å². The van der Waals surface area contributed by atoms with E-state index >= 15 is 0 Å². The molecule has 0 bridgehead atoms. The van der Waals surface area contributed by atoms with E-state index in [0.717, 1.165) is 13.2 Å². The third-order valence-corrected chi connectivity index (χ3v) is 13.9. The molecule has 0 saturated heterocycles. The molecular formula is C60H124O2. The molecule has 376 valence electrons. The van der Waals surface area contributed by atoms with Crippen molar-refractivity contribution in [2.24, 2.45) is 0 Å². The molecule has 0 aliphatic carbocycles. The second-order valence-corrected chi connectivity index (χ2v) is 20.4. The van der Waals surface area contributed by atoms with Gasteiger partial charge in [0.2, 0.25) is 0 Å².